The van der Waals surface area contributed by atoms with Crippen LogP contribution < -0.4 is 0 Å². The van der Waals surface area contributed by atoms with E-state index in [1.165, 1.54) is 4.57 Å². The molecule has 0 aliphatic carbocycles. The summed E-state index contributed by atoms with van der Waals surface area (Å²) >= 11 is 1.000. The summed E-state index contributed by atoms with van der Waals surface area (Å²) in [4.78, 5) is 14.9. The lowest BCUT2D eigenvalue weighted by molar-refractivity contribution is 0.955. The predicted octanol–water partition coefficient (Wildman–Crippen LogP) is 12.0. The molecule has 0 N–H and O–H groups in total. The van der Waals surface area contributed by atoms with Crippen LogP contribution in [0.15, 0.2) is 170 Å². The molecule has 4 nitrogen and oxygen atoms in total. The minimum absolute atomic E-state index is 0.0173. The molecule has 0 saturated heterocycles. The second kappa shape index (κ2) is 11.6. The number of aromatic nitrogens is 4. The van der Waals surface area contributed by atoms with Crippen LogP contribution in [0.2, 0.25) is 0 Å². The molecule has 0 amide bonds. The highest BCUT2D eigenvalue weighted by Crippen LogP contribution is 2.42. The molecule has 10 aromatic rings. The molecule has 0 fully saturated rings. The number of hydrogen-bond donors (Lipinski definition) is 0. The van der Waals surface area contributed by atoms with Gasteiger partial charge in [-0.2, -0.15) is 9.97 Å². The maximum atomic E-state index is 9.40. The Kier molecular flexibility index (Phi) is 4.69. The first-order chi connectivity index (χ1) is 28.9. The number of hydrogen-bond acceptors (Lipinski definition) is 4. The number of para-hydroxylation sites is 1. The van der Waals surface area contributed by atoms with E-state index in [9.17, 15) is 4.11 Å². The van der Waals surface area contributed by atoms with Crippen LogP contribution in [0.25, 0.3) is 93.0 Å². The predicted molar refractivity (Wildman–Crippen MR) is 209 cm³/mol. The van der Waals surface area contributed by atoms with E-state index in [1.54, 1.807) is 0 Å². The Hall–Kier alpha value is -6.43. The molecule has 3 aromatic heterocycles. The van der Waals surface area contributed by atoms with Gasteiger partial charge in [-0.1, -0.05) is 158 Å². The Morgan fingerprint density at radius 3 is 1.56 bits per heavy atom. The van der Waals surface area contributed by atoms with Gasteiger partial charge in [0, 0.05) is 37.4 Å². The summed E-state index contributed by atoms with van der Waals surface area (Å²) in [6, 6.07) is 31.0. The molecular formula is C45H28N4S. The van der Waals surface area contributed by atoms with E-state index >= 15 is 0 Å². The average molecular weight is 667 g/mol. The van der Waals surface area contributed by atoms with E-state index in [1.807, 2.05) is 109 Å². The van der Waals surface area contributed by atoms with Crippen molar-refractivity contribution in [1.82, 2.24) is 19.5 Å². The lowest BCUT2D eigenvalue weighted by Crippen LogP contribution is -2.06. The smallest absolute Gasteiger partial charge is 0.238 e. The fourth-order valence-electron chi connectivity index (χ4n) is 6.37. The summed E-state index contributed by atoms with van der Waals surface area (Å²) in [7, 11) is 0. The van der Waals surface area contributed by atoms with Crippen molar-refractivity contribution in [1.29, 1.82) is 0 Å². The van der Waals surface area contributed by atoms with Gasteiger partial charge in [0.1, 0.15) is 0 Å². The quantitative estimate of drug-likeness (QED) is 0.184. The summed E-state index contributed by atoms with van der Waals surface area (Å²) in [6.07, 6.45) is 0. The third-order valence-corrected chi connectivity index (χ3v) is 9.90. The van der Waals surface area contributed by atoms with Gasteiger partial charge in [-0.15, -0.1) is 11.3 Å². The molecule has 0 bridgehead atoms. The number of benzene rings is 7. The van der Waals surface area contributed by atoms with Crippen LogP contribution in [-0.4, -0.2) is 19.5 Å². The van der Waals surface area contributed by atoms with Crippen molar-refractivity contribution in [2.45, 2.75) is 0 Å². The average Bonchev–Trinajstić information content (AvgIpc) is 3.87. The lowest BCUT2D eigenvalue weighted by atomic mass is 10.0. The Bertz CT molecular complexity index is 3310. The van der Waals surface area contributed by atoms with Gasteiger partial charge in [0.25, 0.3) is 0 Å². The van der Waals surface area contributed by atoms with E-state index in [0.29, 0.717) is 11.1 Å². The van der Waals surface area contributed by atoms with Gasteiger partial charge >= 0.3 is 0 Å². The van der Waals surface area contributed by atoms with Crippen LogP contribution in [0.5, 0.6) is 0 Å². The van der Waals surface area contributed by atoms with Gasteiger partial charge < -0.3 is 0 Å². The Labute approximate surface area is 306 Å². The largest absolute Gasteiger partial charge is 0.276 e. The van der Waals surface area contributed by atoms with Gasteiger partial charge in [0.05, 0.1) is 29.4 Å². The van der Waals surface area contributed by atoms with Crippen molar-refractivity contribution in [3.05, 3.63) is 170 Å². The lowest BCUT2D eigenvalue weighted by Gasteiger charge is -2.12. The summed E-state index contributed by atoms with van der Waals surface area (Å²) in [5.74, 6) is 0.482. The van der Waals surface area contributed by atoms with Crippen LogP contribution in [-0.2, 0) is 0 Å². The summed E-state index contributed by atoms with van der Waals surface area (Å²) in [6.45, 7) is 0. The SMILES string of the molecule is [2H]c1c([2H])c([2H])c2c(sc3c2c([2H])c([2H])c2c4c([2H])c([2H])c([2H])c([2H])c4n(-c4nc(-c5ccc(-c6ccccc6)cc5)nc(-c5ccc(-c6ccccc6)cc5)n4)c32)c1[2H]. The molecule has 0 aliphatic heterocycles. The van der Waals surface area contributed by atoms with Gasteiger partial charge in [-0.3, -0.25) is 4.57 Å². The highest BCUT2D eigenvalue weighted by molar-refractivity contribution is 7.26. The van der Waals surface area contributed by atoms with Gasteiger partial charge in [0.15, 0.2) is 11.6 Å². The highest BCUT2D eigenvalue weighted by Gasteiger charge is 2.21. The van der Waals surface area contributed by atoms with Gasteiger partial charge in [0.2, 0.25) is 5.95 Å². The second-order valence-electron chi connectivity index (χ2n) is 11.7. The minimum Gasteiger partial charge on any atom is -0.276 e. The fourth-order valence-corrected chi connectivity index (χ4v) is 7.48. The van der Waals surface area contributed by atoms with Crippen LogP contribution in [0, 0.1) is 0 Å². The highest BCUT2D eigenvalue weighted by atomic mass is 32.1. The first kappa shape index (κ1) is 20.2. The standard InChI is InChI=1S/C45H28N4S/c1-3-11-29(12-4-1)31-19-23-33(24-20-31)43-46-44(34-25-21-32(22-26-34)30-13-5-2-6-14-30)48-45(47-43)49-39-17-9-7-15-35(39)37-27-28-38-36-16-8-10-18-40(36)50-42(38)41(37)49/h1-28H/i7D,8D,9D,10D,15D,16D,17D,18D,27D,28D. The van der Waals surface area contributed by atoms with Crippen molar-refractivity contribution in [2.24, 2.45) is 0 Å². The zero-order chi connectivity index (χ0) is 41.7. The van der Waals surface area contributed by atoms with E-state index in [4.69, 9.17) is 24.5 Å². The Balaban J connectivity index is 1.33. The maximum absolute atomic E-state index is 9.40. The van der Waals surface area contributed by atoms with E-state index in [-0.39, 0.29) is 83.7 Å². The zero-order valence-electron chi connectivity index (χ0n) is 36.1. The normalized spacial score (nSPS) is 14.4. The van der Waals surface area contributed by atoms with Crippen LogP contribution in [0.3, 0.4) is 0 Å². The summed E-state index contributed by atoms with van der Waals surface area (Å²) < 4.78 is 90.8. The minimum atomic E-state index is -0.525. The van der Waals surface area contributed by atoms with Crippen LogP contribution >= 0.6 is 11.3 Å². The molecule has 0 spiro atoms. The summed E-state index contributed by atoms with van der Waals surface area (Å²) in [5, 5.41) is 0.198. The number of nitrogens with zero attached hydrogens (tertiary/aromatic N) is 4. The van der Waals surface area contributed by atoms with Crippen molar-refractivity contribution in [3.63, 3.8) is 0 Å². The van der Waals surface area contributed by atoms with Crippen molar-refractivity contribution >= 4 is 53.3 Å². The van der Waals surface area contributed by atoms with E-state index in [0.717, 1.165) is 33.6 Å². The van der Waals surface area contributed by atoms with Gasteiger partial charge in [-0.05, 0) is 34.3 Å². The first-order valence-electron chi connectivity index (χ1n) is 20.9. The number of fused-ring (bicyclic) bond motifs is 7. The monoisotopic (exact) mass is 666 g/mol. The first-order valence-corrected chi connectivity index (χ1v) is 16.7. The zero-order valence-corrected chi connectivity index (χ0v) is 26.9. The molecule has 3 heterocycles. The van der Waals surface area contributed by atoms with Crippen LogP contribution in [0.1, 0.15) is 13.7 Å². The molecule has 50 heavy (non-hydrogen) atoms. The topological polar surface area (TPSA) is 43.6 Å². The summed E-state index contributed by atoms with van der Waals surface area (Å²) in [5.41, 5.74) is 5.39. The molecule has 10 rings (SSSR count). The second-order valence-corrected chi connectivity index (χ2v) is 12.7. The molecule has 0 radical (unpaired) electrons. The third kappa shape index (κ3) is 4.71. The molecule has 0 saturated carbocycles. The van der Waals surface area contributed by atoms with Crippen molar-refractivity contribution < 1.29 is 13.7 Å². The third-order valence-electron chi connectivity index (χ3n) is 8.79. The molecule has 0 aliphatic rings. The van der Waals surface area contributed by atoms with E-state index in [2.05, 4.69) is 0 Å². The molecule has 234 valence electrons. The fraction of sp³-hybridized carbons (Fsp3) is 0. The Morgan fingerprint density at radius 2 is 0.940 bits per heavy atom. The molecule has 0 unspecified atom stereocenters. The molecule has 0 atom stereocenters. The van der Waals surface area contributed by atoms with Gasteiger partial charge in [-0.25, -0.2) is 4.98 Å². The number of thiophene rings is 1. The van der Waals surface area contributed by atoms with Crippen molar-refractivity contribution in [3.8, 4) is 51.0 Å². The van der Waals surface area contributed by atoms with Crippen molar-refractivity contribution in [2.75, 3.05) is 0 Å². The van der Waals surface area contributed by atoms with Crippen LogP contribution in [0.4, 0.5) is 0 Å². The molecular weight excluding hydrogens is 629 g/mol. The number of rotatable bonds is 5. The van der Waals surface area contributed by atoms with E-state index < -0.39 is 36.3 Å². The Morgan fingerprint density at radius 1 is 0.440 bits per heavy atom. The molecule has 5 heteroatoms. The maximum Gasteiger partial charge on any atom is 0.238 e. The molecule has 7 aromatic carbocycles.